The molecular weight excluding hydrogens is 234 g/mol. The zero-order chi connectivity index (χ0) is 13.1. The van der Waals surface area contributed by atoms with Gasteiger partial charge in [0.25, 0.3) is 0 Å². The molecule has 0 aliphatic heterocycles. The van der Waals surface area contributed by atoms with E-state index < -0.39 is 10.0 Å². The third-order valence-corrected chi connectivity index (χ3v) is 4.61. The maximum Gasteiger partial charge on any atom is 0.240 e. The Labute approximate surface area is 104 Å². The minimum Gasteiger partial charge on any atom is -0.208 e. The fourth-order valence-electron chi connectivity index (χ4n) is 1.62. The Kier molecular flexibility index (Phi) is 4.71. The molecule has 0 heterocycles. The normalized spacial score (nSPS) is 12.1. The fourth-order valence-corrected chi connectivity index (χ4v) is 3.11. The Morgan fingerprint density at radius 3 is 2.18 bits per heavy atom. The first-order valence-corrected chi connectivity index (χ1v) is 7.48. The van der Waals surface area contributed by atoms with Crippen molar-refractivity contribution in [3.63, 3.8) is 0 Å². The predicted octanol–water partition coefficient (Wildman–Crippen LogP) is 2.77. The van der Waals surface area contributed by atoms with Gasteiger partial charge in [0.1, 0.15) is 0 Å². The van der Waals surface area contributed by atoms with Crippen LogP contribution >= 0.6 is 0 Å². The summed E-state index contributed by atoms with van der Waals surface area (Å²) in [6.07, 6.45) is 1.61. The summed E-state index contributed by atoms with van der Waals surface area (Å²) >= 11 is 0. The molecule has 0 amide bonds. The van der Waals surface area contributed by atoms with Crippen LogP contribution in [0.1, 0.15) is 37.8 Å². The van der Waals surface area contributed by atoms with Crippen LogP contribution in [0.2, 0.25) is 0 Å². The van der Waals surface area contributed by atoms with Crippen molar-refractivity contribution < 1.29 is 8.42 Å². The van der Waals surface area contributed by atoms with Gasteiger partial charge in [-0.15, -0.1) is 0 Å². The van der Waals surface area contributed by atoms with E-state index in [1.165, 1.54) is 0 Å². The maximum absolute atomic E-state index is 12.1. The average Bonchev–Trinajstić information content (AvgIpc) is 2.29. The van der Waals surface area contributed by atoms with Crippen LogP contribution in [0, 0.1) is 13.8 Å². The van der Waals surface area contributed by atoms with Crippen molar-refractivity contribution in [2.45, 2.75) is 51.5 Å². The van der Waals surface area contributed by atoms with Crippen LogP contribution in [0.25, 0.3) is 0 Å². The van der Waals surface area contributed by atoms with Gasteiger partial charge in [0.15, 0.2) is 0 Å². The van der Waals surface area contributed by atoms with Crippen LogP contribution < -0.4 is 4.72 Å². The topological polar surface area (TPSA) is 46.2 Å². The number of sulfonamides is 1. The van der Waals surface area contributed by atoms with E-state index in [0.717, 1.165) is 24.0 Å². The number of rotatable bonds is 5. The molecule has 1 aromatic rings. The van der Waals surface area contributed by atoms with Gasteiger partial charge in [-0.2, -0.15) is 0 Å². The highest BCUT2D eigenvalue weighted by Crippen LogP contribution is 2.15. The van der Waals surface area contributed by atoms with Gasteiger partial charge >= 0.3 is 0 Å². The lowest BCUT2D eigenvalue weighted by atomic mass is 10.1. The Morgan fingerprint density at radius 1 is 1.12 bits per heavy atom. The summed E-state index contributed by atoms with van der Waals surface area (Å²) < 4.78 is 27.0. The molecule has 0 atom stereocenters. The molecule has 17 heavy (non-hydrogen) atoms. The quantitative estimate of drug-likeness (QED) is 0.879. The smallest absolute Gasteiger partial charge is 0.208 e. The van der Waals surface area contributed by atoms with Crippen molar-refractivity contribution in [1.29, 1.82) is 0 Å². The number of hydrogen-bond donors (Lipinski definition) is 1. The zero-order valence-corrected chi connectivity index (χ0v) is 11.8. The summed E-state index contributed by atoms with van der Waals surface area (Å²) in [7, 11) is -3.37. The molecule has 0 unspecified atom stereocenters. The van der Waals surface area contributed by atoms with Crippen LogP contribution in [0.4, 0.5) is 0 Å². The molecule has 1 N–H and O–H groups in total. The fraction of sp³-hybridized carbons (Fsp3) is 0.538. The highest BCUT2D eigenvalue weighted by atomic mass is 32.2. The molecule has 96 valence electrons. The molecule has 0 spiro atoms. The second-order valence-electron chi connectivity index (χ2n) is 4.38. The first-order chi connectivity index (χ1) is 7.90. The maximum atomic E-state index is 12.1. The second kappa shape index (κ2) is 5.65. The van der Waals surface area contributed by atoms with E-state index in [9.17, 15) is 8.42 Å². The summed E-state index contributed by atoms with van der Waals surface area (Å²) in [6.45, 7) is 7.86. The molecule has 0 bridgehead atoms. The standard InChI is InChI=1S/C13H21NO2S/c1-5-12(6-2)14-17(15,16)13-8-7-10(3)11(4)9-13/h7-9,12,14H,5-6H2,1-4H3. The van der Waals surface area contributed by atoms with Crippen molar-refractivity contribution >= 4 is 10.0 Å². The molecular formula is C13H21NO2S. The minimum atomic E-state index is -3.37. The van der Waals surface area contributed by atoms with E-state index in [-0.39, 0.29) is 6.04 Å². The molecule has 0 aliphatic carbocycles. The molecule has 3 nitrogen and oxygen atoms in total. The SMILES string of the molecule is CCC(CC)NS(=O)(=O)c1ccc(C)c(C)c1. The summed E-state index contributed by atoms with van der Waals surface area (Å²) in [6, 6.07) is 5.24. The summed E-state index contributed by atoms with van der Waals surface area (Å²) in [5, 5.41) is 0. The third-order valence-electron chi connectivity index (χ3n) is 3.10. The van der Waals surface area contributed by atoms with Crippen molar-refractivity contribution in [1.82, 2.24) is 4.72 Å². The number of benzene rings is 1. The van der Waals surface area contributed by atoms with Crippen LogP contribution in [0.15, 0.2) is 23.1 Å². The van der Waals surface area contributed by atoms with Crippen LogP contribution in [0.3, 0.4) is 0 Å². The van der Waals surface area contributed by atoms with E-state index in [1.54, 1.807) is 12.1 Å². The van der Waals surface area contributed by atoms with Gasteiger partial charge < -0.3 is 0 Å². The van der Waals surface area contributed by atoms with Crippen molar-refractivity contribution in [3.8, 4) is 0 Å². The van der Waals surface area contributed by atoms with E-state index in [2.05, 4.69) is 4.72 Å². The summed E-state index contributed by atoms with van der Waals surface area (Å²) in [5.74, 6) is 0. The van der Waals surface area contributed by atoms with Crippen LogP contribution in [-0.4, -0.2) is 14.5 Å². The molecule has 1 aromatic carbocycles. The second-order valence-corrected chi connectivity index (χ2v) is 6.09. The molecule has 0 fully saturated rings. The van der Waals surface area contributed by atoms with Crippen molar-refractivity contribution in [3.05, 3.63) is 29.3 Å². The van der Waals surface area contributed by atoms with Gasteiger partial charge in [-0.3, -0.25) is 0 Å². The summed E-state index contributed by atoms with van der Waals surface area (Å²) in [4.78, 5) is 0.354. The van der Waals surface area contributed by atoms with Gasteiger partial charge in [-0.25, -0.2) is 13.1 Å². The largest absolute Gasteiger partial charge is 0.240 e. The molecule has 0 saturated carbocycles. The molecule has 0 saturated heterocycles. The van der Waals surface area contributed by atoms with Gasteiger partial charge in [-0.05, 0) is 49.9 Å². The van der Waals surface area contributed by atoms with Crippen LogP contribution in [-0.2, 0) is 10.0 Å². The van der Waals surface area contributed by atoms with Crippen molar-refractivity contribution in [2.75, 3.05) is 0 Å². The lowest BCUT2D eigenvalue weighted by molar-refractivity contribution is 0.530. The van der Waals surface area contributed by atoms with E-state index in [1.807, 2.05) is 33.8 Å². The van der Waals surface area contributed by atoms with Gasteiger partial charge in [0.2, 0.25) is 10.0 Å². The highest BCUT2D eigenvalue weighted by Gasteiger charge is 2.18. The van der Waals surface area contributed by atoms with Crippen LogP contribution in [0.5, 0.6) is 0 Å². The number of nitrogens with one attached hydrogen (secondary N) is 1. The Balaban J connectivity index is 3.01. The monoisotopic (exact) mass is 255 g/mol. The highest BCUT2D eigenvalue weighted by molar-refractivity contribution is 7.89. The van der Waals surface area contributed by atoms with Gasteiger partial charge in [0.05, 0.1) is 4.90 Å². The van der Waals surface area contributed by atoms with Gasteiger partial charge in [-0.1, -0.05) is 19.9 Å². The summed E-state index contributed by atoms with van der Waals surface area (Å²) in [5.41, 5.74) is 2.10. The van der Waals surface area contributed by atoms with E-state index in [4.69, 9.17) is 0 Å². The van der Waals surface area contributed by atoms with Gasteiger partial charge in [0, 0.05) is 6.04 Å². The molecule has 0 radical (unpaired) electrons. The lowest BCUT2D eigenvalue weighted by Crippen LogP contribution is -2.33. The predicted molar refractivity (Wildman–Crippen MR) is 70.6 cm³/mol. The first kappa shape index (κ1) is 14.2. The third kappa shape index (κ3) is 3.54. The average molecular weight is 255 g/mol. The molecule has 1 rings (SSSR count). The van der Waals surface area contributed by atoms with E-state index >= 15 is 0 Å². The zero-order valence-electron chi connectivity index (χ0n) is 10.9. The number of aryl methyl sites for hydroxylation is 2. The number of hydrogen-bond acceptors (Lipinski definition) is 2. The molecule has 0 aromatic heterocycles. The van der Waals surface area contributed by atoms with E-state index in [0.29, 0.717) is 4.90 Å². The van der Waals surface area contributed by atoms with Crippen molar-refractivity contribution in [2.24, 2.45) is 0 Å². The Hall–Kier alpha value is -0.870. The molecule has 4 heteroatoms. The first-order valence-electron chi connectivity index (χ1n) is 6.00. The minimum absolute atomic E-state index is 0.0154. The molecule has 0 aliphatic rings. The lowest BCUT2D eigenvalue weighted by Gasteiger charge is -2.15. The Bertz CT molecular complexity index is 476. The Morgan fingerprint density at radius 2 is 1.71 bits per heavy atom.